The molecule has 0 aliphatic carbocycles. The fourth-order valence-electron chi connectivity index (χ4n) is 3.10. The maximum Gasteiger partial charge on any atom is 0.213 e. The van der Waals surface area contributed by atoms with E-state index in [1.165, 1.54) is 0 Å². The molecule has 0 saturated carbocycles. The second-order valence-corrected chi connectivity index (χ2v) is 7.28. The predicted molar refractivity (Wildman–Crippen MR) is 108 cm³/mol. The average molecular weight is 464 g/mol. The Kier molecular flexibility index (Phi) is 6.14. The van der Waals surface area contributed by atoms with Crippen molar-refractivity contribution in [3.63, 3.8) is 0 Å². The van der Waals surface area contributed by atoms with E-state index in [4.69, 9.17) is 19.7 Å². The van der Waals surface area contributed by atoms with Gasteiger partial charge in [0.15, 0.2) is 0 Å². The monoisotopic (exact) mass is 464 g/mol. The topological polar surface area (TPSA) is 71.3 Å². The van der Waals surface area contributed by atoms with Gasteiger partial charge in [-0.05, 0) is 52.8 Å². The average Bonchev–Trinajstić information content (AvgIpc) is 2.66. The fraction of sp³-hybridized carbons (Fsp3) is 0.421. The van der Waals surface area contributed by atoms with E-state index in [2.05, 4.69) is 51.5 Å². The summed E-state index contributed by atoms with van der Waals surface area (Å²) in [6.45, 7) is 3.86. The molecule has 0 N–H and O–H groups in total. The first-order chi connectivity index (χ1) is 12.6. The summed E-state index contributed by atoms with van der Waals surface area (Å²) in [5.74, 6) is 2.37. The summed E-state index contributed by atoms with van der Waals surface area (Å²) in [4.78, 5) is 11.2. The lowest BCUT2D eigenvalue weighted by molar-refractivity contribution is 0.169. The van der Waals surface area contributed by atoms with Gasteiger partial charge in [0.25, 0.3) is 0 Å². The Morgan fingerprint density at radius 1 is 1.35 bits per heavy atom. The largest absolute Gasteiger partial charge is 0.489 e. The van der Waals surface area contributed by atoms with E-state index in [1.807, 2.05) is 12.1 Å². The summed E-state index contributed by atoms with van der Waals surface area (Å²) in [7, 11) is 1.60. The van der Waals surface area contributed by atoms with E-state index in [-0.39, 0.29) is 6.10 Å². The second kappa shape index (κ2) is 8.54. The number of aryl methyl sites for hydroxylation is 1. The highest BCUT2D eigenvalue weighted by molar-refractivity contribution is 14.1. The third-order valence-electron chi connectivity index (χ3n) is 4.44. The van der Waals surface area contributed by atoms with Crippen molar-refractivity contribution in [2.24, 2.45) is 0 Å². The van der Waals surface area contributed by atoms with Gasteiger partial charge >= 0.3 is 0 Å². The molecule has 3 heterocycles. The van der Waals surface area contributed by atoms with Gasteiger partial charge in [0.1, 0.15) is 21.4 Å². The number of piperidine rings is 1. The van der Waals surface area contributed by atoms with Gasteiger partial charge in [-0.25, -0.2) is 9.97 Å². The molecule has 0 aromatic carbocycles. The number of methoxy groups -OCH3 is 1. The first-order valence-electron chi connectivity index (χ1n) is 8.55. The third-order valence-corrected chi connectivity index (χ3v) is 5.38. The van der Waals surface area contributed by atoms with Crippen LogP contribution in [-0.4, -0.2) is 36.3 Å². The zero-order valence-electron chi connectivity index (χ0n) is 14.9. The smallest absolute Gasteiger partial charge is 0.213 e. The third kappa shape index (κ3) is 4.36. The highest BCUT2D eigenvalue weighted by Crippen LogP contribution is 2.27. The zero-order valence-corrected chi connectivity index (χ0v) is 17.1. The Labute approximate surface area is 167 Å². The van der Waals surface area contributed by atoms with Crippen LogP contribution in [0.1, 0.15) is 24.0 Å². The van der Waals surface area contributed by atoms with Crippen LogP contribution in [0.3, 0.4) is 0 Å². The van der Waals surface area contributed by atoms with Gasteiger partial charge in [-0.15, -0.1) is 0 Å². The standard InChI is InChI=1S/C19H21IN4O2/c1-13-11-14(5-8-21)18(20)23-19(13)24-9-6-15(7-10-24)26-16-3-4-17(25-2)22-12-16/h3-4,11-12,15H,5-7,9-10H2,1-2H3. The predicted octanol–water partition coefficient (Wildman–Crippen LogP) is 3.51. The van der Waals surface area contributed by atoms with Crippen LogP contribution >= 0.6 is 22.6 Å². The lowest BCUT2D eigenvalue weighted by atomic mass is 10.1. The number of hydrogen-bond donors (Lipinski definition) is 0. The van der Waals surface area contributed by atoms with Crippen molar-refractivity contribution in [2.75, 3.05) is 25.1 Å². The maximum atomic E-state index is 8.92. The molecule has 1 aliphatic heterocycles. The highest BCUT2D eigenvalue weighted by Gasteiger charge is 2.23. The van der Waals surface area contributed by atoms with Crippen molar-refractivity contribution in [1.82, 2.24) is 9.97 Å². The summed E-state index contributed by atoms with van der Waals surface area (Å²) < 4.78 is 12.0. The first kappa shape index (κ1) is 18.7. The number of ether oxygens (including phenoxy) is 2. The minimum Gasteiger partial charge on any atom is -0.489 e. The molecule has 136 valence electrons. The van der Waals surface area contributed by atoms with Gasteiger partial charge in [-0.1, -0.05) is 0 Å². The molecule has 0 bridgehead atoms. The van der Waals surface area contributed by atoms with Crippen LogP contribution in [0.2, 0.25) is 0 Å². The lowest BCUT2D eigenvalue weighted by Gasteiger charge is -2.34. The lowest BCUT2D eigenvalue weighted by Crippen LogP contribution is -2.39. The number of nitrogens with zero attached hydrogens (tertiary/aromatic N) is 4. The second-order valence-electron chi connectivity index (χ2n) is 6.25. The molecule has 0 spiro atoms. The molecule has 1 aliphatic rings. The molecule has 1 saturated heterocycles. The number of anilines is 1. The number of hydrogen-bond acceptors (Lipinski definition) is 6. The van der Waals surface area contributed by atoms with Gasteiger partial charge in [-0.2, -0.15) is 5.26 Å². The summed E-state index contributed by atoms with van der Waals surface area (Å²) in [6.07, 6.45) is 4.15. The quantitative estimate of drug-likeness (QED) is 0.499. The van der Waals surface area contributed by atoms with Crippen molar-refractivity contribution in [2.45, 2.75) is 32.3 Å². The van der Waals surface area contributed by atoms with Crippen LogP contribution in [0.5, 0.6) is 11.6 Å². The Hall–Kier alpha value is -2.08. The number of rotatable bonds is 5. The molecule has 0 amide bonds. The maximum absolute atomic E-state index is 8.92. The van der Waals surface area contributed by atoms with Gasteiger partial charge in [0.05, 0.1) is 25.8 Å². The van der Waals surface area contributed by atoms with Gasteiger partial charge in [0, 0.05) is 32.0 Å². The van der Waals surface area contributed by atoms with Crippen LogP contribution in [0.25, 0.3) is 0 Å². The van der Waals surface area contributed by atoms with Crippen LogP contribution in [-0.2, 0) is 6.42 Å². The van der Waals surface area contributed by atoms with Gasteiger partial charge < -0.3 is 14.4 Å². The van der Waals surface area contributed by atoms with E-state index < -0.39 is 0 Å². The van der Waals surface area contributed by atoms with E-state index in [0.717, 1.165) is 52.3 Å². The van der Waals surface area contributed by atoms with Crippen LogP contribution < -0.4 is 14.4 Å². The molecule has 6 nitrogen and oxygen atoms in total. The molecular formula is C19H21IN4O2. The normalized spacial score (nSPS) is 14.8. The van der Waals surface area contributed by atoms with Gasteiger partial charge in [-0.3, -0.25) is 0 Å². The van der Waals surface area contributed by atoms with E-state index in [1.54, 1.807) is 13.3 Å². The summed E-state index contributed by atoms with van der Waals surface area (Å²) in [6, 6.07) is 7.98. The number of aromatic nitrogens is 2. The molecule has 1 fully saturated rings. The van der Waals surface area contributed by atoms with Crippen molar-refractivity contribution in [3.8, 4) is 17.7 Å². The molecule has 26 heavy (non-hydrogen) atoms. The molecule has 0 radical (unpaired) electrons. The SMILES string of the molecule is COc1ccc(OC2CCN(c3nc(I)c(CC#N)cc3C)CC2)cn1. The fourth-order valence-corrected chi connectivity index (χ4v) is 3.68. The van der Waals surface area contributed by atoms with Crippen LogP contribution in [0, 0.1) is 22.0 Å². The number of pyridine rings is 2. The number of halogens is 1. The van der Waals surface area contributed by atoms with E-state index in [0.29, 0.717) is 12.3 Å². The minimum atomic E-state index is 0.179. The molecule has 7 heteroatoms. The van der Waals surface area contributed by atoms with E-state index >= 15 is 0 Å². The van der Waals surface area contributed by atoms with Crippen LogP contribution in [0.4, 0.5) is 5.82 Å². The molecule has 0 atom stereocenters. The Balaban J connectivity index is 1.61. The zero-order chi connectivity index (χ0) is 18.5. The molecule has 0 unspecified atom stereocenters. The molecule has 2 aromatic heterocycles. The Morgan fingerprint density at radius 3 is 2.73 bits per heavy atom. The first-order valence-corrected chi connectivity index (χ1v) is 9.63. The van der Waals surface area contributed by atoms with Crippen molar-refractivity contribution in [3.05, 3.63) is 39.2 Å². The summed E-state index contributed by atoms with van der Waals surface area (Å²) in [5.41, 5.74) is 2.12. The molecule has 3 rings (SSSR count). The van der Waals surface area contributed by atoms with E-state index in [9.17, 15) is 0 Å². The number of nitriles is 1. The highest BCUT2D eigenvalue weighted by atomic mass is 127. The van der Waals surface area contributed by atoms with Crippen molar-refractivity contribution in [1.29, 1.82) is 5.26 Å². The summed E-state index contributed by atoms with van der Waals surface area (Å²) >= 11 is 2.22. The molecular weight excluding hydrogens is 443 g/mol. The van der Waals surface area contributed by atoms with Gasteiger partial charge in [0.2, 0.25) is 5.88 Å². The minimum absolute atomic E-state index is 0.179. The van der Waals surface area contributed by atoms with Crippen molar-refractivity contribution < 1.29 is 9.47 Å². The van der Waals surface area contributed by atoms with Crippen molar-refractivity contribution >= 4 is 28.4 Å². The Bertz CT molecular complexity index is 796. The summed E-state index contributed by atoms with van der Waals surface area (Å²) in [5, 5.41) is 8.92. The Morgan fingerprint density at radius 2 is 2.12 bits per heavy atom. The van der Waals surface area contributed by atoms with Crippen LogP contribution in [0.15, 0.2) is 24.4 Å². The molecule has 2 aromatic rings.